The van der Waals surface area contributed by atoms with Gasteiger partial charge in [-0.05, 0) is 68.3 Å². The summed E-state index contributed by atoms with van der Waals surface area (Å²) in [6.07, 6.45) is 9.23. The second-order valence-corrected chi connectivity index (χ2v) is 12.7. The van der Waals surface area contributed by atoms with E-state index in [2.05, 4.69) is 13.8 Å². The molecule has 0 bridgehead atoms. The van der Waals surface area contributed by atoms with E-state index in [0.717, 1.165) is 12.0 Å². The molecule has 8 atom stereocenters. The quantitative estimate of drug-likeness (QED) is 0.466. The van der Waals surface area contributed by atoms with Crippen LogP contribution in [0.1, 0.15) is 66.2 Å². The molecule has 3 fully saturated rings. The van der Waals surface area contributed by atoms with Gasteiger partial charge < -0.3 is 14.6 Å². The lowest BCUT2D eigenvalue weighted by Crippen LogP contribution is -2.63. The minimum atomic E-state index is -1.45. The van der Waals surface area contributed by atoms with E-state index in [1.807, 2.05) is 19.9 Å². The summed E-state index contributed by atoms with van der Waals surface area (Å²) in [5.41, 5.74) is -1.63. The van der Waals surface area contributed by atoms with E-state index >= 15 is 0 Å². The summed E-state index contributed by atoms with van der Waals surface area (Å²) >= 11 is 1.31. The predicted octanol–water partition coefficient (Wildman–Crippen LogP) is 4.07. The second kappa shape index (κ2) is 10.3. The molecule has 0 aliphatic heterocycles. The first kappa shape index (κ1) is 28.1. The third kappa shape index (κ3) is 4.52. The summed E-state index contributed by atoms with van der Waals surface area (Å²) in [6, 6.07) is 0. The molecule has 3 saturated carbocycles. The van der Waals surface area contributed by atoms with Crippen molar-refractivity contribution in [3.05, 3.63) is 23.8 Å². The molecule has 1 N–H and O–H groups in total. The van der Waals surface area contributed by atoms with Crippen molar-refractivity contribution in [1.29, 1.82) is 0 Å². The number of ketones is 2. The Kier molecular flexibility index (Phi) is 7.84. The van der Waals surface area contributed by atoms with Crippen LogP contribution in [0.3, 0.4) is 0 Å². The monoisotopic (exact) mass is 532 g/mol. The maximum absolute atomic E-state index is 13.8. The molecule has 0 radical (unpaired) electrons. The highest BCUT2D eigenvalue weighted by molar-refractivity contribution is 7.99. The molecule has 37 heavy (non-hydrogen) atoms. The average molecular weight is 533 g/mol. The smallest absolute Gasteiger partial charge is 0.316 e. The van der Waals surface area contributed by atoms with Crippen LogP contribution in [0.5, 0.6) is 0 Å². The van der Waals surface area contributed by atoms with Crippen LogP contribution in [0.2, 0.25) is 0 Å². The molecule has 204 valence electrons. The predicted molar refractivity (Wildman–Crippen MR) is 141 cm³/mol. The third-order valence-corrected chi connectivity index (χ3v) is 10.3. The van der Waals surface area contributed by atoms with E-state index in [1.54, 1.807) is 18.4 Å². The number of rotatable bonds is 8. The van der Waals surface area contributed by atoms with Crippen LogP contribution in [0.4, 0.5) is 0 Å². The minimum absolute atomic E-state index is 0.0164. The summed E-state index contributed by atoms with van der Waals surface area (Å²) < 4.78 is 11.4. The number of carbonyl (C=O) groups is 4. The Morgan fingerprint density at radius 2 is 1.95 bits per heavy atom. The Morgan fingerprint density at radius 1 is 1.22 bits per heavy atom. The normalized spacial score (nSPS) is 40.2. The number of carbonyl (C=O) groups excluding carboxylic acids is 4. The number of thioether (sulfide) groups is 1. The van der Waals surface area contributed by atoms with Crippen LogP contribution in [0.15, 0.2) is 23.8 Å². The molecule has 4 aliphatic carbocycles. The zero-order valence-corrected chi connectivity index (χ0v) is 23.4. The van der Waals surface area contributed by atoms with Gasteiger partial charge in [-0.2, -0.15) is 11.8 Å². The van der Waals surface area contributed by atoms with E-state index in [1.165, 1.54) is 11.8 Å². The number of Topliss-reactive ketones (excluding diaryl/α,β-unsaturated/α-hetero) is 1. The molecular formula is C29H40O7S. The maximum Gasteiger partial charge on any atom is 0.316 e. The van der Waals surface area contributed by atoms with E-state index in [4.69, 9.17) is 9.47 Å². The number of aliphatic hydroxyl groups is 1. The Morgan fingerprint density at radius 3 is 2.62 bits per heavy atom. The van der Waals surface area contributed by atoms with Crippen molar-refractivity contribution in [3.63, 3.8) is 0 Å². The van der Waals surface area contributed by atoms with Gasteiger partial charge in [-0.25, -0.2) is 0 Å². The number of esters is 2. The molecule has 0 amide bonds. The highest BCUT2D eigenvalue weighted by Gasteiger charge is 2.70. The summed E-state index contributed by atoms with van der Waals surface area (Å²) in [4.78, 5) is 50.9. The lowest BCUT2D eigenvalue weighted by atomic mass is 9.44. The van der Waals surface area contributed by atoms with Crippen molar-refractivity contribution in [2.75, 3.05) is 18.6 Å². The fourth-order valence-corrected chi connectivity index (χ4v) is 8.61. The van der Waals surface area contributed by atoms with Crippen LogP contribution in [-0.2, 0) is 28.7 Å². The standard InChI is InChI=1S/C29H40O7S/c1-6-7-24(33)36-29(23(32)15-35-25(34)16-37-5)11-9-20-19-12-17(2)21-13-18(30)8-10-27(21,3)26(19)22(31)14-28(20,29)4/h8,10,13,17,19-20,22,26,31H,6-7,9,11-12,14-16H2,1-5H3/t17-,19-,20-,22-,26+,27-,28-,29-/m0/s1. The van der Waals surface area contributed by atoms with Crippen LogP contribution >= 0.6 is 11.8 Å². The number of ether oxygens (including phenoxy) is 2. The van der Waals surface area contributed by atoms with Gasteiger partial charge in [0.25, 0.3) is 0 Å². The van der Waals surface area contributed by atoms with Crippen molar-refractivity contribution in [1.82, 2.24) is 0 Å². The number of aliphatic hydroxyl groups excluding tert-OH is 1. The van der Waals surface area contributed by atoms with Gasteiger partial charge in [-0.3, -0.25) is 19.2 Å². The molecule has 7 nitrogen and oxygen atoms in total. The zero-order valence-electron chi connectivity index (χ0n) is 22.6. The number of allylic oxidation sites excluding steroid dienone is 4. The van der Waals surface area contributed by atoms with Gasteiger partial charge in [0, 0.05) is 23.2 Å². The average Bonchev–Trinajstić information content (AvgIpc) is 3.11. The molecule has 0 aromatic rings. The first-order chi connectivity index (χ1) is 17.4. The van der Waals surface area contributed by atoms with E-state index in [-0.39, 0.29) is 41.6 Å². The zero-order chi connectivity index (χ0) is 27.2. The topological polar surface area (TPSA) is 107 Å². The molecule has 0 heterocycles. The number of fused-ring (bicyclic) bond motifs is 5. The second-order valence-electron chi connectivity index (χ2n) is 11.8. The fourth-order valence-electron chi connectivity index (χ4n) is 8.29. The molecule has 0 aromatic heterocycles. The third-order valence-electron chi connectivity index (χ3n) is 9.76. The van der Waals surface area contributed by atoms with Gasteiger partial charge >= 0.3 is 11.9 Å². The van der Waals surface area contributed by atoms with Gasteiger partial charge in [0.05, 0.1) is 11.9 Å². The lowest BCUT2D eigenvalue weighted by molar-refractivity contribution is -0.202. The Labute approximate surface area is 223 Å². The molecule has 0 spiro atoms. The summed E-state index contributed by atoms with van der Waals surface area (Å²) in [5.74, 6) is -1.03. The van der Waals surface area contributed by atoms with Crippen molar-refractivity contribution in [3.8, 4) is 0 Å². The Balaban J connectivity index is 1.71. The molecular weight excluding hydrogens is 492 g/mol. The summed E-state index contributed by atoms with van der Waals surface area (Å²) in [7, 11) is 0. The number of hydrogen-bond acceptors (Lipinski definition) is 8. The summed E-state index contributed by atoms with van der Waals surface area (Å²) in [6.45, 7) is 7.65. The van der Waals surface area contributed by atoms with Crippen molar-refractivity contribution in [2.24, 2.45) is 34.5 Å². The van der Waals surface area contributed by atoms with E-state index < -0.39 is 46.9 Å². The van der Waals surface area contributed by atoms with E-state index in [9.17, 15) is 24.3 Å². The maximum atomic E-state index is 13.8. The summed E-state index contributed by atoms with van der Waals surface area (Å²) in [5, 5.41) is 11.7. The largest absolute Gasteiger partial charge is 0.457 e. The van der Waals surface area contributed by atoms with Crippen molar-refractivity contribution >= 4 is 35.3 Å². The van der Waals surface area contributed by atoms with Gasteiger partial charge in [-0.15, -0.1) is 0 Å². The first-order valence-electron chi connectivity index (χ1n) is 13.5. The van der Waals surface area contributed by atoms with Crippen LogP contribution < -0.4 is 0 Å². The van der Waals surface area contributed by atoms with Crippen molar-refractivity contribution in [2.45, 2.75) is 77.9 Å². The van der Waals surface area contributed by atoms with Gasteiger partial charge in [0.15, 0.2) is 18.0 Å². The minimum Gasteiger partial charge on any atom is -0.457 e. The highest BCUT2D eigenvalue weighted by Crippen LogP contribution is 2.68. The molecule has 4 aliphatic rings. The number of hydrogen-bond donors (Lipinski definition) is 1. The molecule has 0 aromatic carbocycles. The highest BCUT2D eigenvalue weighted by atomic mass is 32.2. The first-order valence-corrected chi connectivity index (χ1v) is 14.9. The molecule has 4 rings (SSSR count). The Hall–Kier alpha value is -1.93. The SMILES string of the molecule is CCCC(=O)O[C@]1(C(=O)COC(=O)CSC)CC[C@H]2[C@@H]3C[C@H](C)C4=CC(=O)C=C[C@]4(C)[C@H]3[C@@H](O)C[C@@]21C. The molecule has 8 heteroatoms. The molecule has 0 saturated heterocycles. The van der Waals surface area contributed by atoms with Crippen LogP contribution in [0.25, 0.3) is 0 Å². The fraction of sp³-hybridized carbons (Fsp3) is 0.724. The van der Waals surface area contributed by atoms with Crippen LogP contribution in [-0.4, -0.2) is 58.9 Å². The van der Waals surface area contributed by atoms with Crippen LogP contribution in [0, 0.1) is 34.5 Å². The van der Waals surface area contributed by atoms with Gasteiger partial charge in [0.2, 0.25) is 5.78 Å². The molecule has 0 unspecified atom stereocenters. The Bertz CT molecular complexity index is 1030. The van der Waals surface area contributed by atoms with Gasteiger partial charge in [0.1, 0.15) is 0 Å². The van der Waals surface area contributed by atoms with Crippen molar-refractivity contribution < 1.29 is 33.8 Å². The van der Waals surface area contributed by atoms with Gasteiger partial charge in [-0.1, -0.05) is 39.3 Å². The lowest BCUT2D eigenvalue weighted by Gasteiger charge is -2.61. The van der Waals surface area contributed by atoms with E-state index in [0.29, 0.717) is 25.7 Å².